The minimum atomic E-state index is -2.86. The van der Waals surface area contributed by atoms with E-state index in [1.54, 1.807) is 28.8 Å². The number of carbonyl (C=O) groups excluding carboxylic acids is 2. The van der Waals surface area contributed by atoms with Gasteiger partial charge in [-0.2, -0.15) is 13.9 Å². The van der Waals surface area contributed by atoms with Crippen molar-refractivity contribution < 1.29 is 18.4 Å². The second-order valence-corrected chi connectivity index (χ2v) is 12.5. The molecule has 1 aliphatic heterocycles. The summed E-state index contributed by atoms with van der Waals surface area (Å²) in [6.45, 7) is -2.34. The third kappa shape index (κ3) is 9.16. The minimum Gasteiger partial charge on any atom is -0.388 e. The molecule has 264 valence electrons. The fourth-order valence-electron chi connectivity index (χ4n) is 5.67. The molecule has 0 saturated heterocycles. The van der Waals surface area contributed by atoms with Crippen molar-refractivity contribution in [2.45, 2.75) is 50.7 Å². The van der Waals surface area contributed by atoms with Crippen molar-refractivity contribution in [3.63, 3.8) is 0 Å². The van der Waals surface area contributed by atoms with Crippen LogP contribution in [0.4, 0.5) is 20.2 Å². The molecule has 0 aliphatic carbocycles. The van der Waals surface area contributed by atoms with Gasteiger partial charge >= 0.3 is 6.55 Å². The number of hydrogen-bond acceptors (Lipinski definition) is 9. The lowest BCUT2D eigenvalue weighted by Gasteiger charge is -2.23. The summed E-state index contributed by atoms with van der Waals surface area (Å²) in [5, 5.41) is 14.0. The third-order valence-electron chi connectivity index (χ3n) is 8.09. The number of hydrazine groups is 1. The zero-order valence-corrected chi connectivity index (χ0v) is 28.2. The predicted octanol–water partition coefficient (Wildman–Crippen LogP) is 4.71. The Morgan fingerprint density at radius 3 is 2.70 bits per heavy atom. The molecule has 0 saturated carbocycles. The fourth-order valence-corrected chi connectivity index (χ4v) is 5.94. The second-order valence-electron chi connectivity index (χ2n) is 11.6. The summed E-state index contributed by atoms with van der Waals surface area (Å²) < 4.78 is 27.7. The Morgan fingerprint density at radius 1 is 1.14 bits per heavy atom. The molecule has 0 radical (unpaired) electrons. The van der Waals surface area contributed by atoms with Crippen LogP contribution < -0.4 is 38.1 Å². The number of nitrogens with zero attached hydrogens (tertiary/aromatic N) is 5. The number of rotatable bonds is 9. The van der Waals surface area contributed by atoms with E-state index in [1.165, 1.54) is 29.7 Å². The lowest BCUT2D eigenvalue weighted by molar-refractivity contribution is -0.121. The minimum absolute atomic E-state index is 0.0387. The first kappa shape index (κ1) is 36.3. The molecule has 17 heteroatoms. The standard InChI is InChI=1S/C33H36Cl2F2N10O3/c34-21-8-9-28(46(39)18-29(35)38)23(16-21)26-17-30(48)45(19-42-26)27-7-2-1-3-12-40-31(49)24(43-22-6-4-5-20(27)15-22)10-13-41-32(50)25-11-14-47(44-25)33(36)37/h4-6,8-9,11,14-19,24,27,33,43H,1-3,7,10,12-13,38-39H2,(H,40,49)(H,41,50)/b29-18-. The SMILES string of the molecule is N/C(Cl)=C\N(N)c1ccc(Cl)cc1-c1cc(=O)n(C2CCCCCNC(=O)C(CCNC(=O)c3ccn(C(F)F)n3)Nc3cccc2c3)cn1. The summed E-state index contributed by atoms with van der Waals surface area (Å²) in [5.74, 6) is 5.27. The molecule has 2 unspecified atom stereocenters. The number of nitrogens with two attached hydrogens (primary N) is 2. The quantitative estimate of drug-likeness (QED) is 0.0928. The van der Waals surface area contributed by atoms with Gasteiger partial charge in [0.25, 0.3) is 11.5 Å². The summed E-state index contributed by atoms with van der Waals surface area (Å²) in [7, 11) is 0. The lowest BCUT2D eigenvalue weighted by atomic mass is 9.99. The van der Waals surface area contributed by atoms with Gasteiger partial charge in [0, 0.05) is 41.6 Å². The van der Waals surface area contributed by atoms with Crippen LogP contribution in [0, 0.1) is 0 Å². The van der Waals surface area contributed by atoms with Crippen molar-refractivity contribution in [2.75, 3.05) is 23.4 Å². The first-order valence-corrected chi connectivity index (χ1v) is 16.6. The molecule has 0 fully saturated rings. The number of fused-ring (bicyclic) bond motifs is 2. The van der Waals surface area contributed by atoms with Gasteiger partial charge in [-0.05, 0) is 61.2 Å². The van der Waals surface area contributed by atoms with E-state index in [2.05, 4.69) is 26.0 Å². The Morgan fingerprint density at radius 2 is 1.96 bits per heavy atom. The molecule has 2 aromatic heterocycles. The predicted molar refractivity (Wildman–Crippen MR) is 188 cm³/mol. The molecule has 2 aromatic carbocycles. The fraction of sp³-hybridized carbons (Fsp3) is 0.303. The van der Waals surface area contributed by atoms with Crippen molar-refractivity contribution in [1.29, 1.82) is 0 Å². The summed E-state index contributed by atoms with van der Waals surface area (Å²) in [6.07, 6.45) is 6.96. The van der Waals surface area contributed by atoms with Gasteiger partial charge in [0.05, 0.1) is 30.0 Å². The summed E-state index contributed by atoms with van der Waals surface area (Å²) in [5.41, 5.74) is 7.93. The van der Waals surface area contributed by atoms with Gasteiger partial charge in [0.15, 0.2) is 0 Å². The maximum absolute atomic E-state index is 13.7. The number of halogens is 4. The van der Waals surface area contributed by atoms with Crippen LogP contribution in [0.5, 0.6) is 0 Å². The molecular formula is C33H36Cl2F2N10O3. The van der Waals surface area contributed by atoms with Gasteiger partial charge in [0.2, 0.25) is 5.91 Å². The average molecular weight is 730 g/mol. The van der Waals surface area contributed by atoms with Crippen LogP contribution >= 0.6 is 23.2 Å². The first-order valence-electron chi connectivity index (χ1n) is 15.8. The van der Waals surface area contributed by atoms with Gasteiger partial charge in [-0.3, -0.25) is 24.0 Å². The van der Waals surface area contributed by atoms with Crippen molar-refractivity contribution in [3.05, 3.63) is 105 Å². The monoisotopic (exact) mass is 728 g/mol. The number of aromatic nitrogens is 4. The van der Waals surface area contributed by atoms with Gasteiger partial charge < -0.3 is 21.7 Å². The Labute approximate surface area is 296 Å². The van der Waals surface area contributed by atoms with Gasteiger partial charge in [-0.1, -0.05) is 48.2 Å². The molecule has 2 amide bonds. The van der Waals surface area contributed by atoms with Crippen LogP contribution in [0.2, 0.25) is 5.02 Å². The molecular weight excluding hydrogens is 693 g/mol. The van der Waals surface area contributed by atoms with E-state index in [9.17, 15) is 23.2 Å². The van der Waals surface area contributed by atoms with E-state index in [0.717, 1.165) is 24.6 Å². The van der Waals surface area contributed by atoms with E-state index in [-0.39, 0.29) is 41.3 Å². The second kappa shape index (κ2) is 16.6. The van der Waals surface area contributed by atoms with Crippen LogP contribution in [0.1, 0.15) is 60.7 Å². The summed E-state index contributed by atoms with van der Waals surface area (Å²) >= 11 is 12.1. The Bertz CT molecular complexity index is 1910. The highest BCUT2D eigenvalue weighted by Gasteiger charge is 2.23. The number of nitrogens with one attached hydrogen (secondary N) is 3. The Balaban J connectivity index is 1.38. The maximum Gasteiger partial charge on any atom is 0.333 e. The third-order valence-corrected chi connectivity index (χ3v) is 8.42. The molecule has 50 heavy (non-hydrogen) atoms. The highest BCUT2D eigenvalue weighted by atomic mass is 35.5. The van der Waals surface area contributed by atoms with Crippen LogP contribution in [-0.2, 0) is 4.79 Å². The number of hydrogen-bond donors (Lipinski definition) is 5. The highest BCUT2D eigenvalue weighted by molar-refractivity contribution is 6.31. The van der Waals surface area contributed by atoms with Crippen LogP contribution in [0.15, 0.2) is 83.3 Å². The average Bonchev–Trinajstić information content (AvgIpc) is 3.58. The van der Waals surface area contributed by atoms with E-state index < -0.39 is 18.5 Å². The smallest absolute Gasteiger partial charge is 0.333 e. The number of alkyl halides is 2. The molecule has 2 atom stereocenters. The normalized spacial score (nSPS) is 17.2. The van der Waals surface area contributed by atoms with Crippen molar-refractivity contribution in [2.24, 2.45) is 11.6 Å². The molecule has 2 bridgehead atoms. The van der Waals surface area contributed by atoms with Gasteiger partial charge in [0.1, 0.15) is 16.9 Å². The number of amides is 2. The molecule has 4 aromatic rings. The van der Waals surface area contributed by atoms with Crippen molar-refractivity contribution >= 4 is 46.4 Å². The zero-order valence-electron chi connectivity index (χ0n) is 26.7. The van der Waals surface area contributed by atoms with Crippen LogP contribution in [0.3, 0.4) is 0 Å². The van der Waals surface area contributed by atoms with E-state index in [1.807, 2.05) is 18.2 Å². The number of anilines is 2. The number of carbonyl (C=O) groups is 2. The van der Waals surface area contributed by atoms with Gasteiger partial charge in [-0.15, -0.1) is 0 Å². The summed E-state index contributed by atoms with van der Waals surface area (Å²) in [4.78, 5) is 44.0. The molecule has 7 N–H and O–H groups in total. The van der Waals surface area contributed by atoms with E-state index >= 15 is 0 Å². The van der Waals surface area contributed by atoms with Crippen LogP contribution in [-0.4, -0.2) is 50.3 Å². The molecule has 5 rings (SSSR count). The number of benzene rings is 2. The zero-order chi connectivity index (χ0) is 35.8. The first-order chi connectivity index (χ1) is 24.0. The Hall–Kier alpha value is -4.99. The highest BCUT2D eigenvalue weighted by Crippen LogP contribution is 2.32. The molecule has 1 aliphatic rings. The molecule has 3 heterocycles. The maximum atomic E-state index is 13.7. The Kier molecular flexibility index (Phi) is 12.1. The topological polar surface area (TPSA) is 178 Å². The lowest BCUT2D eigenvalue weighted by Crippen LogP contribution is -2.42. The van der Waals surface area contributed by atoms with E-state index in [4.69, 9.17) is 34.8 Å². The van der Waals surface area contributed by atoms with Gasteiger partial charge in [-0.25, -0.2) is 15.5 Å². The van der Waals surface area contributed by atoms with Crippen molar-refractivity contribution in [3.8, 4) is 11.3 Å². The molecule has 0 spiro atoms. The molecule has 13 nitrogen and oxygen atoms in total. The van der Waals surface area contributed by atoms with Crippen molar-refractivity contribution in [1.82, 2.24) is 30.0 Å². The van der Waals surface area contributed by atoms with Crippen LogP contribution in [0.25, 0.3) is 11.3 Å². The largest absolute Gasteiger partial charge is 0.388 e. The van der Waals surface area contributed by atoms with E-state index in [0.29, 0.717) is 51.7 Å². The summed E-state index contributed by atoms with van der Waals surface area (Å²) in [6, 6.07) is 13.9.